The van der Waals surface area contributed by atoms with E-state index in [1.807, 2.05) is 12.1 Å². The Morgan fingerprint density at radius 1 is 1.57 bits per heavy atom. The summed E-state index contributed by atoms with van der Waals surface area (Å²) in [6.45, 7) is 3.01. The van der Waals surface area contributed by atoms with Gasteiger partial charge in [-0.1, -0.05) is 31.4 Å². The van der Waals surface area contributed by atoms with Crippen molar-refractivity contribution in [2.24, 2.45) is 11.7 Å². The van der Waals surface area contributed by atoms with E-state index in [9.17, 15) is 4.79 Å². The first-order valence-corrected chi connectivity index (χ1v) is 7.93. The van der Waals surface area contributed by atoms with Crippen LogP contribution < -0.4 is 15.8 Å². The summed E-state index contributed by atoms with van der Waals surface area (Å²) in [4.78, 5) is 12.3. The molecule has 0 saturated carbocycles. The molecule has 0 aliphatic carbocycles. The zero-order chi connectivity index (χ0) is 15.2. The van der Waals surface area contributed by atoms with Crippen molar-refractivity contribution in [1.82, 2.24) is 5.32 Å². The molecule has 0 radical (unpaired) electrons. The molecule has 4 nitrogen and oxygen atoms in total. The number of unbranched alkanes of at least 4 members (excludes halogenated alkanes) is 1. The third-order valence-electron chi connectivity index (χ3n) is 3.84. The van der Waals surface area contributed by atoms with Crippen LogP contribution in [-0.2, 0) is 11.2 Å². The van der Waals surface area contributed by atoms with E-state index < -0.39 is 0 Å². The van der Waals surface area contributed by atoms with Crippen molar-refractivity contribution in [3.8, 4) is 5.75 Å². The van der Waals surface area contributed by atoms with Crippen molar-refractivity contribution in [3.63, 3.8) is 0 Å². The summed E-state index contributed by atoms with van der Waals surface area (Å²) in [7, 11) is 0. The van der Waals surface area contributed by atoms with Crippen molar-refractivity contribution >= 4 is 17.5 Å². The molecular weight excluding hydrogens is 288 g/mol. The van der Waals surface area contributed by atoms with Crippen LogP contribution in [0.15, 0.2) is 18.2 Å². The maximum Gasteiger partial charge on any atom is 0.227 e. The molecule has 1 aromatic carbocycles. The molecule has 5 heteroatoms. The minimum atomic E-state index is -0.174. The number of hydrogen-bond acceptors (Lipinski definition) is 3. The van der Waals surface area contributed by atoms with Gasteiger partial charge in [0.05, 0.1) is 5.92 Å². The molecule has 1 aliphatic rings. The molecule has 0 spiro atoms. The number of benzene rings is 1. The van der Waals surface area contributed by atoms with E-state index in [1.54, 1.807) is 6.07 Å². The number of amides is 1. The van der Waals surface area contributed by atoms with Gasteiger partial charge in [0.15, 0.2) is 0 Å². The third-order valence-corrected chi connectivity index (χ3v) is 4.07. The average molecular weight is 311 g/mol. The monoisotopic (exact) mass is 310 g/mol. The molecular formula is C16H23ClN2O2. The summed E-state index contributed by atoms with van der Waals surface area (Å²) in [5, 5.41) is 3.71. The van der Waals surface area contributed by atoms with Gasteiger partial charge < -0.3 is 15.8 Å². The highest BCUT2D eigenvalue weighted by Gasteiger charge is 2.27. The van der Waals surface area contributed by atoms with E-state index >= 15 is 0 Å². The summed E-state index contributed by atoms with van der Waals surface area (Å²) in [5.74, 6) is 0.670. The summed E-state index contributed by atoms with van der Waals surface area (Å²) in [6, 6.07) is 5.58. The normalized spacial score (nSPS) is 18.5. The Kier molecular flexibility index (Phi) is 5.88. The zero-order valence-corrected chi connectivity index (χ0v) is 13.2. The predicted octanol–water partition coefficient (Wildman–Crippen LogP) is 2.52. The summed E-state index contributed by atoms with van der Waals surface area (Å²) >= 11 is 6.00. The van der Waals surface area contributed by atoms with Crippen LogP contribution in [-0.4, -0.2) is 25.1 Å². The predicted molar refractivity (Wildman–Crippen MR) is 84.7 cm³/mol. The van der Waals surface area contributed by atoms with Crippen molar-refractivity contribution < 1.29 is 9.53 Å². The minimum Gasteiger partial charge on any atom is -0.492 e. The lowest BCUT2D eigenvalue weighted by atomic mass is 9.95. The van der Waals surface area contributed by atoms with Crippen LogP contribution in [0, 0.1) is 5.92 Å². The van der Waals surface area contributed by atoms with E-state index in [0.29, 0.717) is 24.6 Å². The Bertz CT molecular complexity index is 493. The second-order valence-electron chi connectivity index (χ2n) is 5.55. The van der Waals surface area contributed by atoms with Gasteiger partial charge in [0, 0.05) is 17.6 Å². The van der Waals surface area contributed by atoms with Gasteiger partial charge in [-0.25, -0.2) is 0 Å². The summed E-state index contributed by atoms with van der Waals surface area (Å²) in [5.41, 5.74) is 6.72. The van der Waals surface area contributed by atoms with Crippen molar-refractivity contribution in [2.45, 2.75) is 38.6 Å². The van der Waals surface area contributed by atoms with E-state index in [2.05, 4.69) is 12.2 Å². The summed E-state index contributed by atoms with van der Waals surface area (Å²) in [6.07, 6.45) is 3.76. The van der Waals surface area contributed by atoms with Crippen LogP contribution in [0.25, 0.3) is 0 Å². The van der Waals surface area contributed by atoms with Gasteiger partial charge in [-0.2, -0.15) is 0 Å². The molecule has 2 rings (SSSR count). The minimum absolute atomic E-state index is 0.0205. The van der Waals surface area contributed by atoms with E-state index in [-0.39, 0.29) is 17.9 Å². The zero-order valence-electron chi connectivity index (χ0n) is 12.4. The first-order chi connectivity index (χ1) is 10.1. The van der Waals surface area contributed by atoms with Gasteiger partial charge in [0.2, 0.25) is 5.91 Å². The molecule has 0 saturated heterocycles. The second kappa shape index (κ2) is 7.66. The van der Waals surface area contributed by atoms with Crippen LogP contribution in [0.5, 0.6) is 5.75 Å². The topological polar surface area (TPSA) is 64.3 Å². The molecule has 0 bridgehead atoms. The highest BCUT2D eigenvalue weighted by atomic mass is 35.5. The van der Waals surface area contributed by atoms with E-state index in [0.717, 1.165) is 30.6 Å². The maximum atomic E-state index is 12.3. The lowest BCUT2D eigenvalue weighted by Gasteiger charge is -2.26. The lowest BCUT2D eigenvalue weighted by Crippen LogP contribution is -2.45. The fourth-order valence-corrected chi connectivity index (χ4v) is 2.74. The first kappa shape index (κ1) is 16.1. The van der Waals surface area contributed by atoms with Crippen LogP contribution in [0.1, 0.15) is 31.7 Å². The molecule has 0 aromatic heterocycles. The molecule has 2 unspecified atom stereocenters. The second-order valence-corrected chi connectivity index (χ2v) is 5.98. The molecule has 1 heterocycles. The van der Waals surface area contributed by atoms with Crippen LogP contribution in [0.2, 0.25) is 5.02 Å². The molecule has 21 heavy (non-hydrogen) atoms. The number of carbonyl (C=O) groups is 1. The Labute approximate surface area is 131 Å². The van der Waals surface area contributed by atoms with Gasteiger partial charge >= 0.3 is 0 Å². The number of ether oxygens (including phenoxy) is 1. The van der Waals surface area contributed by atoms with Gasteiger partial charge in [-0.3, -0.25) is 4.79 Å². The van der Waals surface area contributed by atoms with Crippen molar-refractivity contribution in [2.75, 3.05) is 13.2 Å². The highest BCUT2D eigenvalue weighted by molar-refractivity contribution is 6.30. The van der Waals surface area contributed by atoms with Gasteiger partial charge in [0.25, 0.3) is 0 Å². The number of fused-ring (bicyclic) bond motifs is 1. The number of carbonyl (C=O) groups excluding carboxylic acids is 1. The van der Waals surface area contributed by atoms with Crippen LogP contribution in [0.3, 0.4) is 0 Å². The van der Waals surface area contributed by atoms with E-state index in [4.69, 9.17) is 22.1 Å². The fourth-order valence-electron chi connectivity index (χ4n) is 2.55. The molecule has 1 aliphatic heterocycles. The van der Waals surface area contributed by atoms with Crippen LogP contribution >= 0.6 is 11.6 Å². The molecule has 2 atom stereocenters. The Balaban J connectivity index is 1.95. The quantitative estimate of drug-likeness (QED) is 0.848. The molecule has 1 aromatic rings. The molecule has 116 valence electrons. The summed E-state index contributed by atoms with van der Waals surface area (Å²) < 4.78 is 5.66. The Hall–Kier alpha value is -1.26. The molecule has 0 fully saturated rings. The standard InChI is InChI=1S/C16H23ClN2O2/c1-2-3-4-14(9-18)19-16(20)12-7-11-8-13(17)5-6-15(11)21-10-12/h5-6,8,12,14H,2-4,7,9-10,18H2,1H3,(H,19,20). The highest BCUT2D eigenvalue weighted by Crippen LogP contribution is 2.29. The number of hydrogen-bond donors (Lipinski definition) is 2. The van der Waals surface area contributed by atoms with Crippen molar-refractivity contribution in [3.05, 3.63) is 28.8 Å². The molecule has 3 N–H and O–H groups in total. The number of halogens is 1. The van der Waals surface area contributed by atoms with Crippen LogP contribution in [0.4, 0.5) is 0 Å². The Morgan fingerprint density at radius 3 is 3.10 bits per heavy atom. The third kappa shape index (κ3) is 4.35. The van der Waals surface area contributed by atoms with Crippen molar-refractivity contribution in [1.29, 1.82) is 0 Å². The van der Waals surface area contributed by atoms with Gasteiger partial charge in [0.1, 0.15) is 12.4 Å². The first-order valence-electron chi connectivity index (χ1n) is 7.55. The van der Waals surface area contributed by atoms with E-state index in [1.165, 1.54) is 0 Å². The number of rotatable bonds is 6. The number of nitrogens with two attached hydrogens (primary N) is 1. The fraction of sp³-hybridized carbons (Fsp3) is 0.562. The maximum absolute atomic E-state index is 12.3. The average Bonchev–Trinajstić information content (AvgIpc) is 2.50. The number of nitrogens with one attached hydrogen (secondary N) is 1. The largest absolute Gasteiger partial charge is 0.492 e. The van der Waals surface area contributed by atoms with Gasteiger partial charge in [-0.05, 0) is 36.6 Å². The SMILES string of the molecule is CCCCC(CN)NC(=O)C1COc2ccc(Cl)cc2C1. The van der Waals surface area contributed by atoms with Gasteiger partial charge in [-0.15, -0.1) is 0 Å². The lowest BCUT2D eigenvalue weighted by molar-refractivity contribution is -0.127. The smallest absolute Gasteiger partial charge is 0.227 e. The molecule has 1 amide bonds. The Morgan fingerprint density at radius 2 is 2.38 bits per heavy atom.